The van der Waals surface area contributed by atoms with E-state index >= 15 is 0 Å². The number of aromatic hydroxyl groups is 1. The monoisotopic (exact) mass is 273 g/mol. The van der Waals surface area contributed by atoms with Crippen molar-refractivity contribution in [2.75, 3.05) is 5.73 Å². The smallest absolute Gasteiger partial charge is 0.347 e. The number of nitrogens with two attached hydrogens (primary N) is 1. The lowest BCUT2D eigenvalue weighted by atomic mass is 10.1. The van der Waals surface area contributed by atoms with Gasteiger partial charge in [-0.05, 0) is 30.3 Å². The summed E-state index contributed by atoms with van der Waals surface area (Å²) in [5.41, 5.74) is 5.52. The Morgan fingerprint density at radius 1 is 1.05 bits per heavy atom. The number of rotatable bonds is 3. The van der Waals surface area contributed by atoms with E-state index in [1.807, 2.05) is 0 Å². The lowest BCUT2D eigenvalue weighted by Gasteiger charge is -2.08. The fraction of sp³-hybridized carbons (Fsp3) is 0. The molecule has 0 aliphatic carbocycles. The van der Waals surface area contributed by atoms with E-state index in [1.54, 1.807) is 0 Å². The predicted octanol–water partition coefficient (Wildman–Crippen LogP) is 1.89. The highest BCUT2D eigenvalue weighted by Gasteiger charge is 2.18. The van der Waals surface area contributed by atoms with Crippen LogP contribution in [0.2, 0.25) is 0 Å². The highest BCUT2D eigenvalue weighted by Crippen LogP contribution is 2.24. The van der Waals surface area contributed by atoms with Gasteiger partial charge in [-0.2, -0.15) is 0 Å². The minimum atomic E-state index is -1.22. The van der Waals surface area contributed by atoms with E-state index in [2.05, 4.69) is 0 Å². The maximum atomic E-state index is 11.9. The molecule has 2 aromatic rings. The number of carboxylic acids is 1. The van der Waals surface area contributed by atoms with E-state index in [0.29, 0.717) is 0 Å². The minimum absolute atomic E-state index is 0.105. The maximum Gasteiger partial charge on any atom is 0.347 e. The summed E-state index contributed by atoms with van der Waals surface area (Å²) in [5.74, 6) is -2.50. The fourth-order valence-corrected chi connectivity index (χ4v) is 1.60. The Morgan fingerprint density at radius 2 is 1.75 bits per heavy atom. The number of benzene rings is 2. The molecule has 0 heterocycles. The molecule has 2 rings (SSSR count). The van der Waals surface area contributed by atoms with Gasteiger partial charge < -0.3 is 20.7 Å². The Balaban J connectivity index is 2.33. The van der Waals surface area contributed by atoms with Crippen LogP contribution in [0.5, 0.6) is 11.5 Å². The lowest BCUT2D eigenvalue weighted by molar-refractivity contribution is 0.0681. The zero-order valence-corrected chi connectivity index (χ0v) is 10.2. The molecule has 4 N–H and O–H groups in total. The Labute approximate surface area is 114 Å². The molecule has 0 unspecified atom stereocenters. The molecule has 0 amide bonds. The molecular formula is C14H11NO5. The third-order valence-electron chi connectivity index (χ3n) is 2.56. The number of para-hydroxylation sites is 1. The zero-order valence-electron chi connectivity index (χ0n) is 10.2. The summed E-state index contributed by atoms with van der Waals surface area (Å²) >= 11 is 0. The van der Waals surface area contributed by atoms with Gasteiger partial charge in [0.05, 0.1) is 0 Å². The second-order valence-electron chi connectivity index (χ2n) is 3.97. The number of nitrogen functional groups attached to an aromatic ring is 1. The van der Waals surface area contributed by atoms with Gasteiger partial charge in [0.2, 0.25) is 0 Å². The maximum absolute atomic E-state index is 11.9. The molecule has 0 saturated heterocycles. The quantitative estimate of drug-likeness (QED) is 0.341. The summed E-state index contributed by atoms with van der Waals surface area (Å²) in [4.78, 5) is 22.9. The van der Waals surface area contributed by atoms with E-state index < -0.39 is 11.9 Å². The Morgan fingerprint density at radius 3 is 2.45 bits per heavy atom. The zero-order chi connectivity index (χ0) is 14.7. The number of hydrogen-bond donors (Lipinski definition) is 3. The lowest BCUT2D eigenvalue weighted by Crippen LogP contribution is -2.12. The molecule has 0 bridgehead atoms. The van der Waals surface area contributed by atoms with E-state index in [-0.39, 0.29) is 28.3 Å². The number of phenols is 1. The van der Waals surface area contributed by atoms with Crippen LogP contribution >= 0.6 is 0 Å². The molecule has 0 spiro atoms. The molecule has 0 saturated carbocycles. The molecule has 6 heteroatoms. The normalized spacial score (nSPS) is 10.0. The first-order valence-electron chi connectivity index (χ1n) is 5.62. The van der Waals surface area contributed by atoms with Gasteiger partial charge >= 0.3 is 11.9 Å². The van der Waals surface area contributed by atoms with Crippen LogP contribution in [-0.2, 0) is 0 Å². The van der Waals surface area contributed by atoms with Crippen LogP contribution in [-0.4, -0.2) is 22.2 Å². The Hall–Kier alpha value is -3.02. The molecule has 0 aliphatic heterocycles. The van der Waals surface area contributed by atoms with Gasteiger partial charge in [0.25, 0.3) is 0 Å². The predicted molar refractivity (Wildman–Crippen MR) is 70.9 cm³/mol. The number of carboxylic acid groups (broad SMARTS) is 1. The summed E-state index contributed by atoms with van der Waals surface area (Å²) in [6.45, 7) is 0. The van der Waals surface area contributed by atoms with Crippen molar-refractivity contribution in [1.82, 2.24) is 0 Å². The fourth-order valence-electron chi connectivity index (χ4n) is 1.60. The first-order chi connectivity index (χ1) is 9.49. The topological polar surface area (TPSA) is 110 Å². The summed E-state index contributed by atoms with van der Waals surface area (Å²) in [6, 6.07) is 9.65. The standard InChI is InChI=1S/C14H11NO5/c15-8-5-6-11(16)10(7-8)14(19)20-12-4-2-1-3-9(12)13(17)18/h1-7,16H,15H2,(H,17,18). The molecule has 20 heavy (non-hydrogen) atoms. The third-order valence-corrected chi connectivity index (χ3v) is 2.56. The number of esters is 1. The van der Waals surface area contributed by atoms with Gasteiger partial charge in [-0.1, -0.05) is 12.1 Å². The number of carbonyl (C=O) groups is 2. The van der Waals surface area contributed by atoms with Crippen LogP contribution in [0.1, 0.15) is 20.7 Å². The van der Waals surface area contributed by atoms with Crippen molar-refractivity contribution in [3.05, 3.63) is 53.6 Å². The molecule has 0 atom stereocenters. The van der Waals surface area contributed by atoms with Gasteiger partial charge in [-0.25, -0.2) is 9.59 Å². The highest BCUT2D eigenvalue weighted by molar-refractivity contribution is 5.97. The van der Waals surface area contributed by atoms with Gasteiger partial charge in [0.1, 0.15) is 22.6 Å². The van der Waals surface area contributed by atoms with Crippen LogP contribution in [0.15, 0.2) is 42.5 Å². The molecule has 102 valence electrons. The van der Waals surface area contributed by atoms with Crippen LogP contribution in [0.3, 0.4) is 0 Å². The van der Waals surface area contributed by atoms with Crippen molar-refractivity contribution in [2.24, 2.45) is 0 Å². The minimum Gasteiger partial charge on any atom is -0.507 e. The Bertz CT molecular complexity index is 681. The molecule has 0 aliphatic rings. The highest BCUT2D eigenvalue weighted by atomic mass is 16.5. The first kappa shape index (κ1) is 13.4. The summed E-state index contributed by atoms with van der Waals surface area (Å²) in [5, 5.41) is 18.6. The van der Waals surface area contributed by atoms with Crippen molar-refractivity contribution >= 4 is 17.6 Å². The summed E-state index contributed by atoms with van der Waals surface area (Å²) in [7, 11) is 0. The number of aromatic carboxylic acids is 1. The van der Waals surface area contributed by atoms with Gasteiger partial charge in [-0.15, -0.1) is 0 Å². The van der Waals surface area contributed by atoms with E-state index in [4.69, 9.17) is 15.6 Å². The van der Waals surface area contributed by atoms with Crippen LogP contribution in [0.25, 0.3) is 0 Å². The van der Waals surface area contributed by atoms with Crippen molar-refractivity contribution in [1.29, 1.82) is 0 Å². The first-order valence-corrected chi connectivity index (χ1v) is 5.62. The average molecular weight is 273 g/mol. The molecular weight excluding hydrogens is 262 g/mol. The molecule has 0 radical (unpaired) electrons. The SMILES string of the molecule is Nc1ccc(O)c(C(=O)Oc2ccccc2C(=O)O)c1. The van der Waals surface area contributed by atoms with E-state index in [1.165, 1.54) is 42.5 Å². The second-order valence-corrected chi connectivity index (χ2v) is 3.97. The van der Waals surface area contributed by atoms with Gasteiger partial charge in [0, 0.05) is 5.69 Å². The second kappa shape index (κ2) is 5.31. The number of carbonyl (C=O) groups excluding carboxylic acids is 1. The van der Waals surface area contributed by atoms with Gasteiger partial charge in [-0.3, -0.25) is 0 Å². The average Bonchev–Trinajstić information content (AvgIpc) is 2.41. The number of anilines is 1. The van der Waals surface area contributed by atoms with E-state index in [0.717, 1.165) is 0 Å². The largest absolute Gasteiger partial charge is 0.507 e. The number of phenolic OH excluding ortho intramolecular Hbond substituents is 1. The number of hydrogen-bond acceptors (Lipinski definition) is 5. The summed E-state index contributed by atoms with van der Waals surface area (Å²) in [6.07, 6.45) is 0. The molecule has 0 aromatic heterocycles. The van der Waals surface area contributed by atoms with Gasteiger partial charge in [0.15, 0.2) is 0 Å². The van der Waals surface area contributed by atoms with E-state index in [9.17, 15) is 14.7 Å². The van der Waals surface area contributed by atoms with Crippen LogP contribution in [0.4, 0.5) is 5.69 Å². The molecule has 6 nitrogen and oxygen atoms in total. The summed E-state index contributed by atoms with van der Waals surface area (Å²) < 4.78 is 4.99. The molecule has 0 fully saturated rings. The molecule has 2 aromatic carbocycles. The van der Waals surface area contributed by atoms with Crippen LogP contribution in [0, 0.1) is 0 Å². The Kier molecular flexibility index (Phi) is 3.56. The third kappa shape index (κ3) is 2.69. The van der Waals surface area contributed by atoms with Crippen LogP contribution < -0.4 is 10.5 Å². The number of ether oxygens (including phenoxy) is 1. The van der Waals surface area contributed by atoms with Crippen molar-refractivity contribution in [3.63, 3.8) is 0 Å². The van der Waals surface area contributed by atoms with Crippen molar-refractivity contribution in [3.8, 4) is 11.5 Å². The van der Waals surface area contributed by atoms with Crippen molar-refractivity contribution in [2.45, 2.75) is 0 Å². The van der Waals surface area contributed by atoms with Crippen molar-refractivity contribution < 1.29 is 24.5 Å².